The van der Waals surface area contributed by atoms with Gasteiger partial charge in [0.05, 0.1) is 0 Å². The number of hydrogen-bond acceptors (Lipinski definition) is 3. The van der Waals surface area contributed by atoms with Gasteiger partial charge < -0.3 is 10.6 Å². The minimum atomic E-state index is 0.0628. The second kappa shape index (κ2) is 4.45. The Kier molecular flexibility index (Phi) is 3.02. The van der Waals surface area contributed by atoms with E-state index in [0.29, 0.717) is 0 Å². The van der Waals surface area contributed by atoms with Crippen LogP contribution in [0.3, 0.4) is 0 Å². The number of pyridine rings is 1. The van der Waals surface area contributed by atoms with Crippen molar-refractivity contribution >= 4 is 5.82 Å². The first-order valence-corrected chi connectivity index (χ1v) is 5.39. The number of rotatable bonds is 2. The van der Waals surface area contributed by atoms with Gasteiger partial charge in [-0.3, -0.25) is 0 Å². The molecule has 1 aromatic heterocycles. The van der Waals surface area contributed by atoms with Gasteiger partial charge in [-0.05, 0) is 25.0 Å². The maximum atomic E-state index is 5.78. The zero-order valence-corrected chi connectivity index (χ0v) is 9.06. The van der Waals surface area contributed by atoms with E-state index < -0.39 is 0 Å². The summed E-state index contributed by atoms with van der Waals surface area (Å²) in [5.41, 5.74) is 6.87. The highest BCUT2D eigenvalue weighted by Gasteiger charge is 2.08. The van der Waals surface area contributed by atoms with Crippen LogP contribution in [0.2, 0.25) is 0 Å². The number of nitrogens with two attached hydrogens (primary N) is 1. The predicted octanol–water partition coefficient (Wildman–Crippen LogP) is 1.87. The molecule has 0 amide bonds. The Hall–Kier alpha value is -1.35. The van der Waals surface area contributed by atoms with Crippen LogP contribution in [0.1, 0.15) is 24.9 Å². The molecule has 2 rings (SSSR count). The summed E-state index contributed by atoms with van der Waals surface area (Å²) < 4.78 is 0. The molecule has 0 saturated carbocycles. The first-order chi connectivity index (χ1) is 7.27. The van der Waals surface area contributed by atoms with Crippen molar-refractivity contribution < 1.29 is 0 Å². The number of nitrogens with zero attached hydrogens (tertiary/aromatic N) is 2. The van der Waals surface area contributed by atoms with Crippen molar-refractivity contribution in [1.29, 1.82) is 0 Å². The molecular formula is C12H17N3. The Morgan fingerprint density at radius 3 is 2.80 bits per heavy atom. The third-order valence-corrected chi connectivity index (χ3v) is 2.68. The van der Waals surface area contributed by atoms with Crippen molar-refractivity contribution in [3.8, 4) is 0 Å². The molecule has 3 nitrogen and oxygen atoms in total. The largest absolute Gasteiger partial charge is 0.353 e. The summed E-state index contributed by atoms with van der Waals surface area (Å²) >= 11 is 0. The van der Waals surface area contributed by atoms with Gasteiger partial charge >= 0.3 is 0 Å². The summed E-state index contributed by atoms with van der Waals surface area (Å²) in [7, 11) is 0. The highest BCUT2D eigenvalue weighted by molar-refractivity contribution is 5.41. The maximum absolute atomic E-state index is 5.78. The van der Waals surface area contributed by atoms with Crippen molar-refractivity contribution in [3.05, 3.63) is 36.0 Å². The van der Waals surface area contributed by atoms with E-state index in [0.717, 1.165) is 30.9 Å². The Balaban J connectivity index is 2.12. The fourth-order valence-corrected chi connectivity index (χ4v) is 1.70. The molecule has 1 aliphatic heterocycles. The van der Waals surface area contributed by atoms with Gasteiger partial charge in [0.25, 0.3) is 0 Å². The van der Waals surface area contributed by atoms with Crippen molar-refractivity contribution in [1.82, 2.24) is 4.98 Å². The molecule has 80 valence electrons. The van der Waals surface area contributed by atoms with Gasteiger partial charge in [-0.15, -0.1) is 0 Å². The minimum absolute atomic E-state index is 0.0628. The monoisotopic (exact) mass is 203 g/mol. The lowest BCUT2D eigenvalue weighted by Gasteiger charge is -2.24. The maximum Gasteiger partial charge on any atom is 0.128 e. The number of anilines is 1. The van der Waals surface area contributed by atoms with Crippen LogP contribution < -0.4 is 10.6 Å². The van der Waals surface area contributed by atoms with Gasteiger partial charge in [-0.25, -0.2) is 4.98 Å². The van der Waals surface area contributed by atoms with Gasteiger partial charge in [0.2, 0.25) is 0 Å². The van der Waals surface area contributed by atoms with Crippen LogP contribution in [0.25, 0.3) is 0 Å². The summed E-state index contributed by atoms with van der Waals surface area (Å²) in [6, 6.07) is 4.18. The Labute approximate surface area is 90.6 Å². The van der Waals surface area contributed by atoms with E-state index in [1.165, 1.54) is 0 Å². The van der Waals surface area contributed by atoms with E-state index >= 15 is 0 Å². The Bertz CT molecular complexity index is 340. The van der Waals surface area contributed by atoms with Gasteiger partial charge in [0, 0.05) is 25.3 Å². The predicted molar refractivity (Wildman–Crippen MR) is 62.8 cm³/mol. The van der Waals surface area contributed by atoms with Crippen molar-refractivity contribution in [2.45, 2.75) is 19.4 Å². The molecular weight excluding hydrogens is 186 g/mol. The fraction of sp³-hybridized carbons (Fsp3) is 0.417. The van der Waals surface area contributed by atoms with E-state index in [1.54, 1.807) is 0 Å². The van der Waals surface area contributed by atoms with Crippen molar-refractivity contribution in [3.63, 3.8) is 0 Å². The van der Waals surface area contributed by atoms with Gasteiger partial charge in [0.1, 0.15) is 5.82 Å². The van der Waals surface area contributed by atoms with Gasteiger partial charge in [-0.1, -0.05) is 18.2 Å². The molecule has 1 aliphatic rings. The van der Waals surface area contributed by atoms with Crippen LogP contribution in [0.15, 0.2) is 30.5 Å². The van der Waals surface area contributed by atoms with Crippen LogP contribution in [0.5, 0.6) is 0 Å². The smallest absolute Gasteiger partial charge is 0.128 e. The second-order valence-electron chi connectivity index (χ2n) is 3.94. The van der Waals surface area contributed by atoms with Gasteiger partial charge in [-0.2, -0.15) is 0 Å². The Morgan fingerprint density at radius 2 is 2.27 bits per heavy atom. The average molecular weight is 203 g/mol. The lowest BCUT2D eigenvalue weighted by Crippen LogP contribution is -2.27. The fourth-order valence-electron chi connectivity index (χ4n) is 1.70. The highest BCUT2D eigenvalue weighted by Crippen LogP contribution is 2.16. The molecule has 0 bridgehead atoms. The van der Waals surface area contributed by atoms with Crippen LogP contribution in [-0.4, -0.2) is 18.1 Å². The molecule has 0 radical (unpaired) electrons. The normalized spacial score (nSPS) is 17.9. The first-order valence-electron chi connectivity index (χ1n) is 5.39. The number of hydrogen-bond donors (Lipinski definition) is 1. The lowest BCUT2D eigenvalue weighted by atomic mass is 10.1. The molecule has 0 aliphatic carbocycles. The van der Waals surface area contributed by atoms with Crippen LogP contribution in [-0.2, 0) is 0 Å². The summed E-state index contributed by atoms with van der Waals surface area (Å²) in [6.45, 7) is 3.99. The molecule has 0 spiro atoms. The van der Waals surface area contributed by atoms with Gasteiger partial charge in [0.15, 0.2) is 0 Å². The zero-order chi connectivity index (χ0) is 10.7. The molecule has 0 aromatic carbocycles. The topological polar surface area (TPSA) is 42.1 Å². The standard InChI is InChI=1S/C12H17N3/c1-10(13)11-5-6-12(14-9-11)15-7-3-2-4-8-15/h2-3,5-6,9-10H,4,7-8,13H2,1H3. The molecule has 15 heavy (non-hydrogen) atoms. The third kappa shape index (κ3) is 2.36. The molecule has 0 fully saturated rings. The summed E-state index contributed by atoms with van der Waals surface area (Å²) in [5.74, 6) is 1.05. The molecule has 1 unspecified atom stereocenters. The summed E-state index contributed by atoms with van der Waals surface area (Å²) in [6.07, 6.45) is 7.38. The molecule has 2 heterocycles. The molecule has 1 atom stereocenters. The zero-order valence-electron chi connectivity index (χ0n) is 9.06. The van der Waals surface area contributed by atoms with E-state index in [2.05, 4.69) is 34.2 Å². The average Bonchev–Trinajstić information content (AvgIpc) is 2.30. The van der Waals surface area contributed by atoms with E-state index in [4.69, 9.17) is 5.73 Å². The van der Waals surface area contributed by atoms with E-state index in [1.807, 2.05) is 13.1 Å². The minimum Gasteiger partial charge on any atom is -0.353 e. The SMILES string of the molecule is CC(N)c1ccc(N2CC=CCC2)nc1. The Morgan fingerprint density at radius 1 is 1.40 bits per heavy atom. The third-order valence-electron chi connectivity index (χ3n) is 2.68. The molecule has 0 saturated heterocycles. The lowest BCUT2D eigenvalue weighted by molar-refractivity contribution is 0.789. The second-order valence-corrected chi connectivity index (χ2v) is 3.94. The number of aromatic nitrogens is 1. The quantitative estimate of drug-likeness (QED) is 0.746. The summed E-state index contributed by atoms with van der Waals surface area (Å²) in [5, 5.41) is 0. The molecule has 1 aromatic rings. The van der Waals surface area contributed by atoms with E-state index in [-0.39, 0.29) is 6.04 Å². The first kappa shape index (κ1) is 10.2. The molecule has 2 N–H and O–H groups in total. The highest BCUT2D eigenvalue weighted by atomic mass is 15.2. The van der Waals surface area contributed by atoms with E-state index in [9.17, 15) is 0 Å². The molecule has 3 heteroatoms. The van der Waals surface area contributed by atoms with Crippen molar-refractivity contribution in [2.75, 3.05) is 18.0 Å². The van der Waals surface area contributed by atoms with Crippen molar-refractivity contribution in [2.24, 2.45) is 5.73 Å². The summed E-state index contributed by atoms with van der Waals surface area (Å²) in [4.78, 5) is 6.70. The van der Waals surface area contributed by atoms with Crippen LogP contribution >= 0.6 is 0 Å². The van der Waals surface area contributed by atoms with Crippen LogP contribution in [0.4, 0.5) is 5.82 Å². The van der Waals surface area contributed by atoms with Crippen LogP contribution in [0, 0.1) is 0 Å².